The van der Waals surface area contributed by atoms with E-state index in [0.29, 0.717) is 10.2 Å². The maximum Gasteiger partial charge on any atom is 0.230 e. The van der Waals surface area contributed by atoms with Crippen LogP contribution in [0.4, 0.5) is 10.9 Å². The van der Waals surface area contributed by atoms with Crippen LogP contribution in [0.3, 0.4) is 0 Å². The molecule has 0 saturated heterocycles. The highest BCUT2D eigenvalue weighted by molar-refractivity contribution is 7.14. The van der Waals surface area contributed by atoms with Crippen molar-refractivity contribution in [1.29, 1.82) is 0 Å². The van der Waals surface area contributed by atoms with E-state index in [1.54, 1.807) is 12.3 Å². The number of halogens is 1. The van der Waals surface area contributed by atoms with Crippen LogP contribution in [0, 0.1) is 0 Å². The second-order valence-electron chi connectivity index (χ2n) is 5.03. The number of hydrogen-bond acceptors (Lipinski definition) is 5. The van der Waals surface area contributed by atoms with Crippen molar-refractivity contribution in [2.24, 2.45) is 0 Å². The van der Waals surface area contributed by atoms with E-state index in [9.17, 15) is 4.79 Å². The summed E-state index contributed by atoms with van der Waals surface area (Å²) in [7, 11) is 1.81. The molecule has 2 heterocycles. The molecule has 0 atom stereocenters. The smallest absolute Gasteiger partial charge is 0.230 e. The van der Waals surface area contributed by atoms with Crippen molar-refractivity contribution in [3.63, 3.8) is 0 Å². The SMILES string of the molecule is CNc1cc(-c2csc(NC(=O)Cc3ccccc3Cl)n2)ccn1. The lowest BCUT2D eigenvalue weighted by molar-refractivity contribution is -0.115. The van der Waals surface area contributed by atoms with Crippen LogP contribution in [-0.2, 0) is 11.2 Å². The van der Waals surface area contributed by atoms with E-state index in [2.05, 4.69) is 20.6 Å². The van der Waals surface area contributed by atoms with Gasteiger partial charge in [-0.05, 0) is 23.8 Å². The molecule has 0 aliphatic heterocycles. The minimum absolute atomic E-state index is 0.144. The summed E-state index contributed by atoms with van der Waals surface area (Å²) in [6.45, 7) is 0. The van der Waals surface area contributed by atoms with Gasteiger partial charge in [0.05, 0.1) is 12.1 Å². The molecule has 3 rings (SSSR count). The van der Waals surface area contributed by atoms with E-state index in [4.69, 9.17) is 11.6 Å². The molecule has 0 unspecified atom stereocenters. The molecule has 2 aromatic heterocycles. The number of rotatable bonds is 5. The first-order valence-corrected chi connectivity index (χ1v) is 8.54. The third-order valence-electron chi connectivity index (χ3n) is 3.37. The van der Waals surface area contributed by atoms with Crippen LogP contribution in [-0.4, -0.2) is 22.9 Å². The number of amides is 1. The first-order valence-electron chi connectivity index (χ1n) is 7.28. The number of nitrogens with one attached hydrogen (secondary N) is 2. The number of nitrogens with zero attached hydrogens (tertiary/aromatic N) is 2. The summed E-state index contributed by atoms with van der Waals surface area (Å²) in [5.74, 6) is 0.624. The molecule has 2 N–H and O–H groups in total. The predicted molar refractivity (Wildman–Crippen MR) is 98.7 cm³/mol. The standard InChI is InChI=1S/C17H15ClN4OS/c1-19-15-8-12(6-7-20-15)14-10-24-17(21-14)22-16(23)9-11-4-2-3-5-13(11)18/h2-8,10H,9H2,1H3,(H,19,20)(H,21,22,23). The lowest BCUT2D eigenvalue weighted by Crippen LogP contribution is -2.14. The van der Waals surface area contributed by atoms with Crippen LogP contribution < -0.4 is 10.6 Å². The van der Waals surface area contributed by atoms with Gasteiger partial charge in [-0.3, -0.25) is 4.79 Å². The minimum Gasteiger partial charge on any atom is -0.373 e. The van der Waals surface area contributed by atoms with Gasteiger partial charge >= 0.3 is 0 Å². The van der Waals surface area contributed by atoms with Crippen molar-refractivity contribution < 1.29 is 4.79 Å². The van der Waals surface area contributed by atoms with E-state index in [1.807, 2.05) is 42.8 Å². The summed E-state index contributed by atoms with van der Waals surface area (Å²) < 4.78 is 0. The molecule has 0 aliphatic carbocycles. The fourth-order valence-corrected chi connectivity index (χ4v) is 3.11. The number of carbonyl (C=O) groups excluding carboxylic acids is 1. The molecule has 3 aromatic rings. The Morgan fingerprint density at radius 3 is 2.92 bits per heavy atom. The van der Waals surface area contributed by atoms with Crippen molar-refractivity contribution in [1.82, 2.24) is 9.97 Å². The maximum atomic E-state index is 12.2. The molecule has 0 fully saturated rings. The van der Waals surface area contributed by atoms with Gasteiger partial charge in [-0.1, -0.05) is 29.8 Å². The summed E-state index contributed by atoms with van der Waals surface area (Å²) in [5, 5.41) is 8.86. The summed E-state index contributed by atoms with van der Waals surface area (Å²) in [4.78, 5) is 20.8. The molecule has 122 valence electrons. The van der Waals surface area contributed by atoms with Crippen LogP contribution in [0.5, 0.6) is 0 Å². The Bertz CT molecular complexity index is 865. The Morgan fingerprint density at radius 2 is 2.12 bits per heavy atom. The van der Waals surface area contributed by atoms with Crippen molar-refractivity contribution in [2.45, 2.75) is 6.42 Å². The molecule has 5 nitrogen and oxygen atoms in total. The highest BCUT2D eigenvalue weighted by Crippen LogP contribution is 2.26. The van der Waals surface area contributed by atoms with Crippen LogP contribution in [0.15, 0.2) is 48.0 Å². The topological polar surface area (TPSA) is 66.9 Å². The molecule has 0 saturated carbocycles. The zero-order valence-electron chi connectivity index (χ0n) is 12.9. The lowest BCUT2D eigenvalue weighted by atomic mass is 10.1. The number of aromatic nitrogens is 2. The zero-order valence-corrected chi connectivity index (χ0v) is 14.5. The molecular weight excluding hydrogens is 344 g/mol. The fourth-order valence-electron chi connectivity index (χ4n) is 2.17. The molecule has 0 aliphatic rings. The molecule has 0 spiro atoms. The Morgan fingerprint density at radius 1 is 1.29 bits per heavy atom. The van der Waals surface area contributed by atoms with E-state index in [0.717, 1.165) is 22.6 Å². The van der Waals surface area contributed by atoms with E-state index in [1.165, 1.54) is 11.3 Å². The van der Waals surface area contributed by atoms with Gasteiger partial charge in [0, 0.05) is 29.2 Å². The van der Waals surface area contributed by atoms with E-state index < -0.39 is 0 Å². The number of benzene rings is 1. The second-order valence-corrected chi connectivity index (χ2v) is 6.30. The molecule has 0 bridgehead atoms. The van der Waals surface area contributed by atoms with Crippen LogP contribution in [0.2, 0.25) is 5.02 Å². The first-order chi connectivity index (χ1) is 11.7. The fraction of sp³-hybridized carbons (Fsp3) is 0.118. The van der Waals surface area contributed by atoms with Gasteiger partial charge in [-0.25, -0.2) is 9.97 Å². The summed E-state index contributed by atoms with van der Waals surface area (Å²) >= 11 is 7.46. The average Bonchev–Trinajstić information content (AvgIpc) is 3.05. The van der Waals surface area contributed by atoms with Crippen molar-refractivity contribution in [2.75, 3.05) is 17.7 Å². The van der Waals surface area contributed by atoms with Gasteiger partial charge in [-0.15, -0.1) is 11.3 Å². The number of thiazole rings is 1. The van der Waals surface area contributed by atoms with Crippen molar-refractivity contribution in [3.05, 3.63) is 58.6 Å². The third-order valence-corrected chi connectivity index (χ3v) is 4.50. The first kappa shape index (κ1) is 16.4. The highest BCUT2D eigenvalue weighted by atomic mass is 35.5. The quantitative estimate of drug-likeness (QED) is 0.721. The molecule has 7 heteroatoms. The van der Waals surface area contributed by atoms with Crippen molar-refractivity contribution >= 4 is 39.8 Å². The van der Waals surface area contributed by atoms with Crippen molar-refractivity contribution in [3.8, 4) is 11.3 Å². The van der Waals surface area contributed by atoms with Crippen LogP contribution in [0.25, 0.3) is 11.3 Å². The summed E-state index contributed by atoms with van der Waals surface area (Å²) in [6, 6.07) is 11.1. The van der Waals surface area contributed by atoms with Crippen LogP contribution >= 0.6 is 22.9 Å². The Kier molecular flexibility index (Phi) is 5.08. The Balaban J connectivity index is 1.69. The molecule has 24 heavy (non-hydrogen) atoms. The van der Waals surface area contributed by atoms with Crippen LogP contribution in [0.1, 0.15) is 5.56 Å². The lowest BCUT2D eigenvalue weighted by Gasteiger charge is -2.04. The summed E-state index contributed by atoms with van der Waals surface area (Å²) in [5.41, 5.74) is 2.53. The third kappa shape index (κ3) is 3.90. The van der Waals surface area contributed by atoms with Gasteiger partial charge in [0.15, 0.2) is 5.13 Å². The van der Waals surface area contributed by atoms with Gasteiger partial charge in [0.25, 0.3) is 0 Å². The van der Waals surface area contributed by atoms with Gasteiger partial charge in [0.1, 0.15) is 5.82 Å². The minimum atomic E-state index is -0.144. The maximum absolute atomic E-state index is 12.2. The molecular formula is C17H15ClN4OS. The normalized spacial score (nSPS) is 10.4. The monoisotopic (exact) mass is 358 g/mol. The zero-order chi connectivity index (χ0) is 16.9. The molecule has 0 radical (unpaired) electrons. The Hall–Kier alpha value is -2.44. The number of anilines is 2. The highest BCUT2D eigenvalue weighted by Gasteiger charge is 2.10. The second kappa shape index (κ2) is 7.42. The predicted octanol–water partition coefficient (Wildman–Crippen LogP) is 4.08. The van der Waals surface area contributed by atoms with E-state index in [-0.39, 0.29) is 12.3 Å². The summed E-state index contributed by atoms with van der Waals surface area (Å²) in [6.07, 6.45) is 1.93. The molecule has 1 aromatic carbocycles. The van der Waals surface area contributed by atoms with Gasteiger partial charge in [0.2, 0.25) is 5.91 Å². The largest absolute Gasteiger partial charge is 0.373 e. The van der Waals surface area contributed by atoms with Gasteiger partial charge < -0.3 is 10.6 Å². The molecule has 1 amide bonds. The Labute approximate surface area is 148 Å². The number of carbonyl (C=O) groups is 1. The van der Waals surface area contributed by atoms with E-state index >= 15 is 0 Å². The number of pyridine rings is 1. The average molecular weight is 359 g/mol. The number of hydrogen-bond donors (Lipinski definition) is 2. The van der Waals surface area contributed by atoms with Gasteiger partial charge in [-0.2, -0.15) is 0 Å².